The Labute approximate surface area is 177 Å². The summed E-state index contributed by atoms with van der Waals surface area (Å²) in [5.41, 5.74) is 0. The van der Waals surface area contributed by atoms with E-state index in [2.05, 4.69) is 0 Å². The van der Waals surface area contributed by atoms with Crippen molar-refractivity contribution in [3.05, 3.63) is 0 Å². The fourth-order valence-corrected chi connectivity index (χ4v) is 3.35. The molecule has 0 heterocycles. The molecule has 0 aliphatic heterocycles. The molecule has 0 aromatic heterocycles. The molecule has 0 spiro atoms. The summed E-state index contributed by atoms with van der Waals surface area (Å²) in [6, 6.07) is 0. The third-order valence-corrected chi connectivity index (χ3v) is 4.99. The van der Waals surface area contributed by atoms with E-state index in [-0.39, 0.29) is 0 Å². The molecule has 0 aromatic rings. The summed E-state index contributed by atoms with van der Waals surface area (Å²) in [5, 5.41) is 0. The van der Waals surface area contributed by atoms with Crippen LogP contribution in [0.15, 0.2) is 0 Å². The lowest BCUT2D eigenvalue weighted by Crippen LogP contribution is -2.67. The second kappa shape index (κ2) is 8.59. The highest BCUT2D eigenvalue weighted by molar-refractivity contribution is 6.59. The van der Waals surface area contributed by atoms with E-state index in [1.807, 2.05) is 13.3 Å². The number of hydrogen-bond donors (Lipinski definition) is 0. The van der Waals surface area contributed by atoms with Crippen molar-refractivity contribution in [3.8, 4) is 0 Å². The SMILES string of the molecule is C[Si](OC(F)(F)C(F)(F)C(F)(F)F)(OC(F)(F)C(F)(F)C(F)(F)F)OC(F)(F)C(F)(F)C(F)(F)F. The lowest BCUT2D eigenvalue weighted by molar-refractivity contribution is -0.445. The Morgan fingerprint density at radius 3 is 0.600 bits per heavy atom. The summed E-state index contributed by atoms with van der Waals surface area (Å²) >= 11 is 0. The van der Waals surface area contributed by atoms with Gasteiger partial charge in [-0.25, -0.2) is 0 Å². The summed E-state index contributed by atoms with van der Waals surface area (Å²) in [4.78, 5) is 0. The monoisotopic (exact) mass is 598 g/mol. The Hall–Kier alpha value is -1.37. The second-order valence-electron chi connectivity index (χ2n) is 5.94. The molecule has 0 aliphatic rings. The van der Waals surface area contributed by atoms with Crippen LogP contribution in [0.1, 0.15) is 0 Å². The molecule has 35 heavy (non-hydrogen) atoms. The number of rotatable bonds is 9. The lowest BCUT2D eigenvalue weighted by atomic mass is 10.3. The maximum Gasteiger partial charge on any atom is 0.511 e. The Morgan fingerprint density at radius 1 is 0.343 bits per heavy atom. The highest BCUT2D eigenvalue weighted by Crippen LogP contribution is 2.54. The van der Waals surface area contributed by atoms with Crippen molar-refractivity contribution in [2.45, 2.75) is 61.2 Å². The van der Waals surface area contributed by atoms with E-state index in [9.17, 15) is 92.2 Å². The highest BCUT2D eigenvalue weighted by atomic mass is 28.4. The minimum atomic E-state index is -8.41. The Morgan fingerprint density at radius 2 is 0.486 bits per heavy atom. The van der Waals surface area contributed by atoms with Gasteiger partial charge < -0.3 is 13.3 Å². The van der Waals surface area contributed by atoms with Gasteiger partial charge in [0.25, 0.3) is 0 Å². The van der Waals surface area contributed by atoms with E-state index in [1.54, 1.807) is 0 Å². The lowest BCUT2D eigenvalue weighted by Gasteiger charge is -2.40. The van der Waals surface area contributed by atoms with E-state index in [4.69, 9.17) is 0 Å². The van der Waals surface area contributed by atoms with Crippen molar-refractivity contribution in [1.82, 2.24) is 0 Å². The smallest absolute Gasteiger partial charge is 0.308 e. The second-order valence-corrected chi connectivity index (χ2v) is 8.27. The zero-order valence-corrected chi connectivity index (χ0v) is 16.2. The van der Waals surface area contributed by atoms with Crippen molar-refractivity contribution in [1.29, 1.82) is 0 Å². The molecule has 0 saturated heterocycles. The first-order valence-corrected chi connectivity index (χ1v) is 9.42. The fraction of sp³-hybridized carbons (Fsp3) is 1.00. The van der Waals surface area contributed by atoms with E-state index in [0.29, 0.717) is 0 Å². The van der Waals surface area contributed by atoms with Gasteiger partial charge in [-0.05, 0) is 0 Å². The van der Waals surface area contributed by atoms with Gasteiger partial charge in [0.1, 0.15) is 0 Å². The molecule has 212 valence electrons. The quantitative estimate of drug-likeness (QED) is 0.212. The van der Waals surface area contributed by atoms with Crippen molar-refractivity contribution >= 4 is 8.80 Å². The number of halogens is 21. The molecular weight excluding hydrogens is 595 g/mol. The van der Waals surface area contributed by atoms with Crippen LogP contribution in [0.3, 0.4) is 0 Å². The van der Waals surface area contributed by atoms with Crippen LogP contribution in [0.2, 0.25) is 6.55 Å². The molecule has 0 fully saturated rings. The Balaban J connectivity index is 6.87. The van der Waals surface area contributed by atoms with Gasteiger partial charge in [0.05, 0.1) is 0 Å². The van der Waals surface area contributed by atoms with Crippen LogP contribution in [0.5, 0.6) is 0 Å². The third kappa shape index (κ3) is 6.14. The highest BCUT2D eigenvalue weighted by Gasteiger charge is 2.82. The first kappa shape index (κ1) is 33.6. The molecule has 0 amide bonds. The molecule has 0 aliphatic carbocycles. The predicted molar refractivity (Wildman–Crippen MR) is 62.7 cm³/mol. The molecule has 0 aromatic carbocycles. The summed E-state index contributed by atoms with van der Waals surface area (Å²) < 4.78 is 271. The van der Waals surface area contributed by atoms with E-state index >= 15 is 0 Å². The van der Waals surface area contributed by atoms with Crippen molar-refractivity contribution < 1.29 is 105 Å². The molecule has 0 rings (SSSR count). The normalized spacial score (nSPS) is 16.6. The van der Waals surface area contributed by atoms with Crippen LogP contribution in [0, 0.1) is 0 Å². The fourth-order valence-electron chi connectivity index (χ4n) is 1.45. The first-order chi connectivity index (χ1) is 14.6. The van der Waals surface area contributed by atoms with Crippen LogP contribution in [-0.2, 0) is 13.3 Å². The van der Waals surface area contributed by atoms with Crippen LogP contribution >= 0.6 is 0 Å². The largest absolute Gasteiger partial charge is 0.511 e. The number of hydrogen-bond acceptors (Lipinski definition) is 3. The molecule has 0 atom stereocenters. The van der Waals surface area contributed by atoms with Crippen molar-refractivity contribution in [3.63, 3.8) is 0 Å². The molecule has 0 saturated carbocycles. The standard InChI is InChI=1S/C10H3F21O3Si/c1-35(32-8(26,27)2(11,12)5(17,18)19,33-9(28,29)3(13,14)6(20,21)22)34-10(30,31)4(15,16)7(23,24)25/h1H3. The van der Waals surface area contributed by atoms with Crippen molar-refractivity contribution in [2.24, 2.45) is 0 Å². The van der Waals surface area contributed by atoms with E-state index < -0.39 is 70.0 Å². The van der Waals surface area contributed by atoms with Gasteiger partial charge in [-0.2, -0.15) is 92.2 Å². The molecule has 0 radical (unpaired) electrons. The van der Waals surface area contributed by atoms with Gasteiger partial charge in [-0.15, -0.1) is 0 Å². The van der Waals surface area contributed by atoms with Gasteiger partial charge in [-0.3, -0.25) is 0 Å². The minimum absolute atomic E-state index is 1.42. The van der Waals surface area contributed by atoms with Crippen molar-refractivity contribution in [2.75, 3.05) is 0 Å². The third-order valence-electron chi connectivity index (χ3n) is 3.11. The molecular formula is C10H3F21O3Si. The van der Waals surface area contributed by atoms with Crippen LogP contribution in [-0.4, -0.2) is 63.4 Å². The first-order valence-electron chi connectivity index (χ1n) is 7.19. The van der Waals surface area contributed by atoms with Crippen LogP contribution < -0.4 is 0 Å². The maximum absolute atomic E-state index is 13.3. The van der Waals surface area contributed by atoms with E-state index in [1.165, 1.54) is 0 Å². The predicted octanol–water partition coefficient (Wildman–Crippen LogP) is 6.98. The van der Waals surface area contributed by atoms with Gasteiger partial charge in [0.15, 0.2) is 0 Å². The van der Waals surface area contributed by atoms with Gasteiger partial charge in [-0.1, -0.05) is 0 Å². The topological polar surface area (TPSA) is 27.7 Å². The average molecular weight is 598 g/mol. The van der Waals surface area contributed by atoms with Gasteiger partial charge in [0, 0.05) is 6.55 Å². The minimum Gasteiger partial charge on any atom is -0.308 e. The average Bonchev–Trinajstić information content (AvgIpc) is 2.48. The van der Waals surface area contributed by atoms with Gasteiger partial charge >= 0.3 is 63.4 Å². The molecule has 3 nitrogen and oxygen atoms in total. The van der Waals surface area contributed by atoms with Gasteiger partial charge in [0.2, 0.25) is 0 Å². The summed E-state index contributed by atoms with van der Waals surface area (Å²) in [5.74, 6) is -23.3. The Kier molecular flexibility index (Phi) is 8.26. The molecule has 0 unspecified atom stereocenters. The zero-order chi connectivity index (χ0) is 29.1. The molecule has 25 heteroatoms. The van der Waals surface area contributed by atoms with Crippen LogP contribution in [0.25, 0.3) is 0 Å². The van der Waals surface area contributed by atoms with Crippen LogP contribution in [0.4, 0.5) is 92.2 Å². The molecule has 0 N–H and O–H groups in total. The number of alkyl halides is 21. The zero-order valence-electron chi connectivity index (χ0n) is 15.2. The Bertz CT molecular complexity index is 650. The van der Waals surface area contributed by atoms with E-state index in [0.717, 1.165) is 0 Å². The molecule has 0 bridgehead atoms. The summed E-state index contributed by atoms with van der Waals surface area (Å²) in [7, 11) is -8.41. The summed E-state index contributed by atoms with van der Waals surface area (Å²) in [6.45, 7) is -1.42. The maximum atomic E-state index is 13.3. The summed E-state index contributed by atoms with van der Waals surface area (Å²) in [6.07, 6.45) is -45.7.